The van der Waals surface area contributed by atoms with Gasteiger partial charge in [0, 0.05) is 18.4 Å². The number of rotatable bonds is 2. The molecule has 1 aliphatic heterocycles. The second-order valence-electron chi connectivity index (χ2n) is 6.60. The Bertz CT molecular complexity index is 836. The molecule has 1 aliphatic carbocycles. The fourth-order valence-electron chi connectivity index (χ4n) is 4.12. The van der Waals surface area contributed by atoms with E-state index in [4.69, 9.17) is 9.47 Å². The van der Waals surface area contributed by atoms with E-state index in [2.05, 4.69) is 0 Å². The Kier molecular flexibility index (Phi) is 3.49. The summed E-state index contributed by atoms with van der Waals surface area (Å²) in [5, 5.41) is 0. The summed E-state index contributed by atoms with van der Waals surface area (Å²) in [6, 6.07) is 8.59. The standard InChI is InChI=1S/C19H16F4O2/c1-24-14-6-5-11(9-13(14)21)19-8-7-18(22,23)10-16(19)25-15-4-2-3-12(20)17(15)19/h2-6,9,16H,7-8,10H2,1H3. The van der Waals surface area contributed by atoms with E-state index in [1.807, 2.05) is 0 Å². The summed E-state index contributed by atoms with van der Waals surface area (Å²) >= 11 is 0. The van der Waals surface area contributed by atoms with Gasteiger partial charge in [-0.2, -0.15) is 0 Å². The van der Waals surface area contributed by atoms with Crippen LogP contribution in [0.2, 0.25) is 0 Å². The first-order chi connectivity index (χ1) is 11.9. The van der Waals surface area contributed by atoms with Gasteiger partial charge in [-0.1, -0.05) is 12.1 Å². The van der Waals surface area contributed by atoms with Crippen molar-refractivity contribution in [2.24, 2.45) is 0 Å². The van der Waals surface area contributed by atoms with Gasteiger partial charge in [0.05, 0.1) is 12.5 Å². The fraction of sp³-hybridized carbons (Fsp3) is 0.368. The highest BCUT2D eigenvalue weighted by Gasteiger charge is 2.58. The number of benzene rings is 2. The van der Waals surface area contributed by atoms with Crippen LogP contribution in [0.25, 0.3) is 0 Å². The zero-order chi connectivity index (χ0) is 17.8. The Morgan fingerprint density at radius 1 is 1.08 bits per heavy atom. The highest BCUT2D eigenvalue weighted by molar-refractivity contribution is 5.54. The molecule has 0 amide bonds. The molecule has 2 atom stereocenters. The molecule has 2 aromatic rings. The van der Waals surface area contributed by atoms with E-state index in [1.165, 1.54) is 31.4 Å². The van der Waals surface area contributed by atoms with Crippen LogP contribution in [0.5, 0.6) is 11.5 Å². The molecule has 4 rings (SSSR count). The van der Waals surface area contributed by atoms with Crippen LogP contribution in [-0.4, -0.2) is 19.1 Å². The second-order valence-corrected chi connectivity index (χ2v) is 6.60. The van der Waals surface area contributed by atoms with Crippen molar-refractivity contribution in [2.45, 2.75) is 36.7 Å². The fourth-order valence-corrected chi connectivity index (χ4v) is 4.12. The Morgan fingerprint density at radius 2 is 1.88 bits per heavy atom. The minimum Gasteiger partial charge on any atom is -0.494 e. The van der Waals surface area contributed by atoms with Crippen LogP contribution < -0.4 is 9.47 Å². The molecule has 0 radical (unpaired) electrons. The zero-order valence-corrected chi connectivity index (χ0v) is 13.5. The van der Waals surface area contributed by atoms with Crippen LogP contribution in [0.3, 0.4) is 0 Å². The Morgan fingerprint density at radius 3 is 2.60 bits per heavy atom. The maximum atomic E-state index is 14.6. The highest BCUT2D eigenvalue weighted by atomic mass is 19.3. The summed E-state index contributed by atoms with van der Waals surface area (Å²) in [5.74, 6) is -3.74. The first kappa shape index (κ1) is 16.2. The van der Waals surface area contributed by atoms with Gasteiger partial charge in [0.25, 0.3) is 5.92 Å². The molecule has 6 heteroatoms. The van der Waals surface area contributed by atoms with Gasteiger partial charge in [-0.15, -0.1) is 0 Å². The number of hydrogen-bond donors (Lipinski definition) is 0. The van der Waals surface area contributed by atoms with Gasteiger partial charge in [-0.3, -0.25) is 0 Å². The third-order valence-corrected chi connectivity index (χ3v) is 5.28. The monoisotopic (exact) mass is 352 g/mol. The van der Waals surface area contributed by atoms with Gasteiger partial charge in [0.1, 0.15) is 17.7 Å². The van der Waals surface area contributed by atoms with E-state index in [0.29, 0.717) is 5.56 Å². The molecule has 0 N–H and O–H groups in total. The molecule has 0 saturated heterocycles. The quantitative estimate of drug-likeness (QED) is 0.720. The molecule has 0 bridgehead atoms. The predicted octanol–water partition coefficient (Wildman–Crippen LogP) is 4.84. The van der Waals surface area contributed by atoms with Crippen molar-refractivity contribution in [1.82, 2.24) is 0 Å². The van der Waals surface area contributed by atoms with Crippen LogP contribution >= 0.6 is 0 Å². The number of alkyl halides is 2. The van der Waals surface area contributed by atoms with Crippen molar-refractivity contribution >= 4 is 0 Å². The number of ether oxygens (including phenoxy) is 2. The van der Waals surface area contributed by atoms with Crippen LogP contribution in [-0.2, 0) is 5.41 Å². The largest absolute Gasteiger partial charge is 0.494 e. The lowest BCUT2D eigenvalue weighted by Crippen LogP contribution is -2.48. The number of hydrogen-bond acceptors (Lipinski definition) is 2. The zero-order valence-electron chi connectivity index (χ0n) is 13.5. The van der Waals surface area contributed by atoms with Crippen LogP contribution in [0.1, 0.15) is 30.4 Å². The third kappa shape index (κ3) is 2.30. The predicted molar refractivity (Wildman–Crippen MR) is 83.3 cm³/mol. The molecule has 132 valence electrons. The smallest absolute Gasteiger partial charge is 0.251 e. The van der Waals surface area contributed by atoms with Crippen molar-refractivity contribution in [3.05, 3.63) is 59.2 Å². The van der Waals surface area contributed by atoms with E-state index >= 15 is 0 Å². The first-order valence-corrected chi connectivity index (χ1v) is 8.05. The van der Waals surface area contributed by atoms with E-state index in [9.17, 15) is 17.6 Å². The van der Waals surface area contributed by atoms with Gasteiger partial charge >= 0.3 is 0 Å². The van der Waals surface area contributed by atoms with Crippen molar-refractivity contribution in [3.63, 3.8) is 0 Å². The summed E-state index contributed by atoms with van der Waals surface area (Å²) in [5.41, 5.74) is -0.467. The highest BCUT2D eigenvalue weighted by Crippen LogP contribution is 2.57. The van der Waals surface area contributed by atoms with E-state index in [0.717, 1.165) is 0 Å². The van der Waals surface area contributed by atoms with Gasteiger partial charge in [0.15, 0.2) is 11.6 Å². The van der Waals surface area contributed by atoms with Gasteiger partial charge in [-0.25, -0.2) is 17.6 Å². The number of halogens is 4. The molecule has 1 heterocycles. The minimum atomic E-state index is -2.89. The Hall–Kier alpha value is -2.24. The van der Waals surface area contributed by atoms with Gasteiger partial charge in [-0.05, 0) is 36.2 Å². The third-order valence-electron chi connectivity index (χ3n) is 5.28. The molecule has 0 aromatic heterocycles. The van der Waals surface area contributed by atoms with Crippen molar-refractivity contribution in [1.29, 1.82) is 0 Å². The molecule has 2 aromatic carbocycles. The summed E-state index contributed by atoms with van der Waals surface area (Å²) < 4.78 is 67.5. The number of methoxy groups -OCH3 is 1. The van der Waals surface area contributed by atoms with Crippen molar-refractivity contribution < 1.29 is 27.0 Å². The Balaban J connectivity index is 1.93. The van der Waals surface area contributed by atoms with Crippen molar-refractivity contribution in [3.8, 4) is 11.5 Å². The summed E-state index contributed by atoms with van der Waals surface area (Å²) in [6.45, 7) is 0. The molecule has 2 unspecified atom stereocenters. The minimum absolute atomic E-state index is 0.0234. The van der Waals surface area contributed by atoms with E-state index in [1.54, 1.807) is 12.1 Å². The average molecular weight is 352 g/mol. The molecule has 2 aliphatic rings. The molecule has 1 fully saturated rings. The molecule has 0 spiro atoms. The lowest BCUT2D eigenvalue weighted by Gasteiger charge is -2.41. The topological polar surface area (TPSA) is 18.5 Å². The van der Waals surface area contributed by atoms with Crippen LogP contribution in [0.4, 0.5) is 17.6 Å². The SMILES string of the molecule is COc1ccc(C23CCC(F)(F)CC2Oc2cccc(F)c23)cc1F. The first-order valence-electron chi connectivity index (χ1n) is 8.05. The molecular formula is C19H16F4O2. The lowest BCUT2D eigenvalue weighted by atomic mass is 9.63. The normalized spacial score (nSPS) is 26.5. The van der Waals surface area contributed by atoms with Crippen LogP contribution in [0.15, 0.2) is 36.4 Å². The van der Waals surface area contributed by atoms with Gasteiger partial charge in [0.2, 0.25) is 0 Å². The van der Waals surface area contributed by atoms with E-state index in [-0.39, 0.29) is 23.5 Å². The molecule has 25 heavy (non-hydrogen) atoms. The van der Waals surface area contributed by atoms with E-state index < -0.39 is 41.9 Å². The Labute approximate surface area is 142 Å². The molecule has 1 saturated carbocycles. The summed E-state index contributed by atoms with van der Waals surface area (Å²) in [7, 11) is 1.34. The van der Waals surface area contributed by atoms with Crippen molar-refractivity contribution in [2.75, 3.05) is 7.11 Å². The maximum absolute atomic E-state index is 14.6. The molecular weight excluding hydrogens is 336 g/mol. The summed E-state index contributed by atoms with van der Waals surface area (Å²) in [6.07, 6.45) is -1.91. The second kappa shape index (κ2) is 5.38. The molecule has 2 nitrogen and oxygen atoms in total. The van der Waals surface area contributed by atoms with Gasteiger partial charge < -0.3 is 9.47 Å². The number of fused-ring (bicyclic) bond motifs is 3. The van der Waals surface area contributed by atoms with Crippen LogP contribution in [0, 0.1) is 11.6 Å². The lowest BCUT2D eigenvalue weighted by molar-refractivity contribution is -0.0832. The summed E-state index contributed by atoms with van der Waals surface area (Å²) in [4.78, 5) is 0. The average Bonchev–Trinajstić information content (AvgIpc) is 2.89. The maximum Gasteiger partial charge on any atom is 0.251 e.